The minimum Gasteiger partial charge on any atom is -0.308 e. The number of nitrogens with one attached hydrogen (secondary N) is 2. The second-order valence-electron chi connectivity index (χ2n) is 3.99. The number of aromatic nitrogens is 1. The van der Waals surface area contributed by atoms with Gasteiger partial charge in [0.25, 0.3) is 0 Å². The van der Waals surface area contributed by atoms with Gasteiger partial charge in [0.2, 0.25) is 0 Å². The van der Waals surface area contributed by atoms with Crippen molar-refractivity contribution in [2.45, 2.75) is 13.1 Å². The van der Waals surface area contributed by atoms with E-state index in [-0.39, 0.29) is 5.69 Å². The molecule has 1 aromatic carbocycles. The van der Waals surface area contributed by atoms with Crippen LogP contribution in [-0.2, 0) is 6.18 Å². The van der Waals surface area contributed by atoms with Crippen LogP contribution in [0, 0.1) is 6.92 Å². The van der Waals surface area contributed by atoms with Gasteiger partial charge in [-0.25, -0.2) is 4.79 Å². The third-order valence-corrected chi connectivity index (χ3v) is 3.13. The number of carbonyl (C=O) groups is 1. The summed E-state index contributed by atoms with van der Waals surface area (Å²) in [5.74, 6) is 0. The van der Waals surface area contributed by atoms with E-state index in [2.05, 4.69) is 15.0 Å². The van der Waals surface area contributed by atoms with E-state index in [1.807, 2.05) is 0 Å². The molecule has 8 heteroatoms. The van der Waals surface area contributed by atoms with Crippen molar-refractivity contribution in [1.29, 1.82) is 0 Å². The number of urea groups is 1. The molecule has 0 spiro atoms. The van der Waals surface area contributed by atoms with Crippen LogP contribution in [0.25, 0.3) is 0 Å². The quantitative estimate of drug-likeness (QED) is 0.877. The topological polar surface area (TPSA) is 54.0 Å². The Morgan fingerprint density at radius 3 is 2.35 bits per heavy atom. The molecule has 2 amide bonds. The largest absolute Gasteiger partial charge is 0.416 e. The van der Waals surface area contributed by atoms with Crippen molar-refractivity contribution in [2.24, 2.45) is 0 Å². The molecule has 0 saturated carbocycles. The van der Waals surface area contributed by atoms with Crippen molar-refractivity contribution in [3.8, 4) is 0 Å². The molecule has 2 rings (SSSR count). The van der Waals surface area contributed by atoms with Crippen molar-refractivity contribution < 1.29 is 18.0 Å². The van der Waals surface area contributed by atoms with Gasteiger partial charge in [0, 0.05) is 5.69 Å². The van der Waals surface area contributed by atoms with Crippen LogP contribution in [0.4, 0.5) is 28.7 Å². The van der Waals surface area contributed by atoms with E-state index in [0.717, 1.165) is 29.4 Å². The smallest absolute Gasteiger partial charge is 0.308 e. The minimum absolute atomic E-state index is 0.275. The fourth-order valence-electron chi connectivity index (χ4n) is 1.44. The highest BCUT2D eigenvalue weighted by molar-refractivity contribution is 7.10. The summed E-state index contributed by atoms with van der Waals surface area (Å²) in [5.41, 5.74) is 0.290. The number of hydrogen-bond donors (Lipinski definition) is 2. The first-order chi connectivity index (χ1) is 9.34. The number of hydrogen-bond acceptors (Lipinski definition) is 3. The van der Waals surface area contributed by atoms with Gasteiger partial charge in [-0.15, -0.1) is 0 Å². The zero-order valence-corrected chi connectivity index (χ0v) is 11.1. The van der Waals surface area contributed by atoms with Crippen LogP contribution in [0.2, 0.25) is 0 Å². The molecule has 2 aromatic rings. The Balaban J connectivity index is 1.98. The number of aryl methyl sites for hydroxylation is 1. The SMILES string of the molecule is Cc1cc(NC(=O)Nc2ccc(C(F)(F)F)cc2)sn1. The molecule has 0 aliphatic heterocycles. The molecule has 1 aromatic heterocycles. The molecule has 0 radical (unpaired) electrons. The maximum Gasteiger partial charge on any atom is 0.416 e. The molecule has 2 N–H and O–H groups in total. The molecular weight excluding hydrogens is 291 g/mol. The zero-order valence-electron chi connectivity index (χ0n) is 10.3. The summed E-state index contributed by atoms with van der Waals surface area (Å²) >= 11 is 1.12. The number of anilines is 2. The number of benzene rings is 1. The summed E-state index contributed by atoms with van der Waals surface area (Å²) in [4.78, 5) is 11.6. The first-order valence-electron chi connectivity index (χ1n) is 5.53. The summed E-state index contributed by atoms with van der Waals surface area (Å²) in [6, 6.07) is 5.37. The van der Waals surface area contributed by atoms with Crippen molar-refractivity contribution in [1.82, 2.24) is 4.37 Å². The van der Waals surface area contributed by atoms with Crippen molar-refractivity contribution in [3.05, 3.63) is 41.6 Å². The fourth-order valence-corrected chi connectivity index (χ4v) is 2.10. The summed E-state index contributed by atoms with van der Waals surface area (Å²) in [5, 5.41) is 5.54. The predicted octanol–water partition coefficient (Wildman–Crippen LogP) is 4.11. The van der Waals surface area contributed by atoms with Gasteiger partial charge in [-0.3, -0.25) is 5.32 Å². The van der Waals surface area contributed by atoms with Crippen LogP contribution < -0.4 is 10.6 Å². The highest BCUT2D eigenvalue weighted by Crippen LogP contribution is 2.29. The highest BCUT2D eigenvalue weighted by atomic mass is 32.1. The van der Waals surface area contributed by atoms with Gasteiger partial charge in [-0.05, 0) is 48.8 Å². The number of nitrogens with zero attached hydrogens (tertiary/aromatic N) is 1. The molecule has 0 atom stereocenters. The van der Waals surface area contributed by atoms with Gasteiger partial charge in [-0.2, -0.15) is 17.5 Å². The summed E-state index contributed by atoms with van der Waals surface area (Å²) in [6.45, 7) is 1.79. The summed E-state index contributed by atoms with van der Waals surface area (Å²) in [6.07, 6.45) is -4.39. The summed E-state index contributed by atoms with van der Waals surface area (Å²) < 4.78 is 41.1. The van der Waals surface area contributed by atoms with Crippen LogP contribution in [-0.4, -0.2) is 10.4 Å². The number of alkyl halides is 3. The monoisotopic (exact) mass is 301 g/mol. The molecule has 0 aliphatic carbocycles. The Hall–Kier alpha value is -2.09. The van der Waals surface area contributed by atoms with E-state index in [9.17, 15) is 18.0 Å². The minimum atomic E-state index is -4.39. The predicted molar refractivity (Wildman–Crippen MR) is 70.9 cm³/mol. The average Bonchev–Trinajstić information content (AvgIpc) is 2.74. The Kier molecular flexibility index (Phi) is 3.93. The van der Waals surface area contributed by atoms with Gasteiger partial charge in [0.05, 0.1) is 11.3 Å². The molecule has 0 fully saturated rings. The summed E-state index contributed by atoms with van der Waals surface area (Å²) in [7, 11) is 0. The van der Waals surface area contributed by atoms with E-state index in [1.165, 1.54) is 12.1 Å². The van der Waals surface area contributed by atoms with Gasteiger partial charge in [-0.1, -0.05) is 0 Å². The van der Waals surface area contributed by atoms with Crippen molar-refractivity contribution in [3.63, 3.8) is 0 Å². The Labute approximate surface area is 116 Å². The maximum absolute atomic E-state index is 12.4. The molecular formula is C12H10F3N3OS. The standard InChI is InChI=1S/C12H10F3N3OS/c1-7-6-10(20-18-7)17-11(19)16-9-4-2-8(3-5-9)12(13,14)15/h2-6H,1H3,(H2,16,17,19). The van der Waals surface area contributed by atoms with E-state index < -0.39 is 17.8 Å². The number of amides is 2. The number of rotatable bonds is 2. The number of carbonyl (C=O) groups excluding carboxylic acids is 1. The lowest BCUT2D eigenvalue weighted by molar-refractivity contribution is -0.137. The average molecular weight is 301 g/mol. The second kappa shape index (κ2) is 5.49. The van der Waals surface area contributed by atoms with Gasteiger partial charge < -0.3 is 5.32 Å². The van der Waals surface area contributed by atoms with Crippen LogP contribution in [0.15, 0.2) is 30.3 Å². The molecule has 1 heterocycles. The van der Waals surface area contributed by atoms with E-state index in [0.29, 0.717) is 5.00 Å². The second-order valence-corrected chi connectivity index (χ2v) is 4.79. The maximum atomic E-state index is 12.4. The lowest BCUT2D eigenvalue weighted by atomic mass is 10.2. The van der Waals surface area contributed by atoms with Gasteiger partial charge in [0.15, 0.2) is 0 Å². The van der Waals surface area contributed by atoms with E-state index >= 15 is 0 Å². The molecule has 0 bridgehead atoms. The fraction of sp³-hybridized carbons (Fsp3) is 0.167. The normalized spacial score (nSPS) is 11.2. The van der Waals surface area contributed by atoms with Crippen LogP contribution in [0.5, 0.6) is 0 Å². The lowest BCUT2D eigenvalue weighted by Gasteiger charge is -2.08. The van der Waals surface area contributed by atoms with Crippen LogP contribution >= 0.6 is 11.5 Å². The Bertz CT molecular complexity index is 607. The molecule has 106 valence electrons. The molecule has 0 aliphatic rings. The first-order valence-corrected chi connectivity index (χ1v) is 6.30. The van der Waals surface area contributed by atoms with Crippen molar-refractivity contribution >= 4 is 28.3 Å². The van der Waals surface area contributed by atoms with Gasteiger partial charge in [0.1, 0.15) is 5.00 Å². The molecule has 0 unspecified atom stereocenters. The molecule has 0 saturated heterocycles. The van der Waals surface area contributed by atoms with Gasteiger partial charge >= 0.3 is 12.2 Å². The molecule has 4 nitrogen and oxygen atoms in total. The first kappa shape index (κ1) is 14.3. The highest BCUT2D eigenvalue weighted by Gasteiger charge is 2.29. The molecule has 20 heavy (non-hydrogen) atoms. The van der Waals surface area contributed by atoms with E-state index in [1.54, 1.807) is 13.0 Å². The third kappa shape index (κ3) is 3.70. The Morgan fingerprint density at radius 1 is 1.20 bits per heavy atom. The number of halogens is 3. The third-order valence-electron chi connectivity index (χ3n) is 2.33. The lowest BCUT2D eigenvalue weighted by Crippen LogP contribution is -2.18. The zero-order chi connectivity index (χ0) is 14.8. The van der Waals surface area contributed by atoms with E-state index in [4.69, 9.17) is 0 Å². The van der Waals surface area contributed by atoms with Crippen LogP contribution in [0.1, 0.15) is 11.3 Å². The Morgan fingerprint density at radius 2 is 1.85 bits per heavy atom. The van der Waals surface area contributed by atoms with Crippen LogP contribution in [0.3, 0.4) is 0 Å². The van der Waals surface area contributed by atoms with Crippen molar-refractivity contribution in [2.75, 3.05) is 10.6 Å².